The molecule has 146 valence electrons. The molecule has 0 amide bonds. The molecule has 1 aromatic carbocycles. The van der Waals surface area contributed by atoms with Crippen molar-refractivity contribution in [2.45, 2.75) is 44.7 Å². The Bertz CT molecular complexity index is 1010. The van der Waals surface area contributed by atoms with Crippen molar-refractivity contribution in [3.63, 3.8) is 0 Å². The molecule has 1 fully saturated rings. The van der Waals surface area contributed by atoms with Crippen LogP contribution in [0.25, 0.3) is 10.9 Å². The van der Waals surface area contributed by atoms with Crippen LogP contribution in [-0.4, -0.2) is 27.9 Å². The third-order valence-electron chi connectivity index (χ3n) is 5.34. The molecule has 1 aromatic heterocycles. The predicted molar refractivity (Wildman–Crippen MR) is 102 cm³/mol. The van der Waals surface area contributed by atoms with Crippen molar-refractivity contribution in [3.8, 4) is 6.07 Å². The number of nitriles is 1. The summed E-state index contributed by atoms with van der Waals surface area (Å²) in [5, 5.41) is 11.1. The zero-order valence-corrected chi connectivity index (χ0v) is 15.9. The Morgan fingerprint density at radius 3 is 2.75 bits per heavy atom. The molecule has 2 aromatic rings. The number of rotatable bonds is 4. The van der Waals surface area contributed by atoms with Crippen LogP contribution >= 0.6 is 11.6 Å². The topological polar surface area (TPSA) is 44.3 Å². The summed E-state index contributed by atoms with van der Waals surface area (Å²) in [6.45, 7) is 1.74. The number of benzene rings is 1. The highest BCUT2D eigenvalue weighted by molar-refractivity contribution is 6.31. The van der Waals surface area contributed by atoms with E-state index in [4.69, 9.17) is 11.6 Å². The summed E-state index contributed by atoms with van der Waals surface area (Å²) < 4.78 is 42.3. The second-order valence-electron chi connectivity index (χ2n) is 7.27. The molecular weight excluding hydrogens is 389 g/mol. The van der Waals surface area contributed by atoms with E-state index >= 15 is 0 Å². The standard InChI is InChI=1S/C20H18ClF3N4/c1-12(20(22,23)24)27-8-2-7-26-19(27)18-16(10-25)15-6-5-14(21)9-17(15)28(18)11-13-3-4-13/h2,5-9,12-13,19H,3-4,11H2,1H3/t12-,19?/m0/s1. The summed E-state index contributed by atoms with van der Waals surface area (Å²) in [5.74, 6) is 0.455. The van der Waals surface area contributed by atoms with Gasteiger partial charge in [0.25, 0.3) is 0 Å². The zero-order valence-electron chi connectivity index (χ0n) is 15.1. The quantitative estimate of drug-likeness (QED) is 0.680. The van der Waals surface area contributed by atoms with E-state index in [-0.39, 0.29) is 0 Å². The highest BCUT2D eigenvalue weighted by Crippen LogP contribution is 2.41. The van der Waals surface area contributed by atoms with Gasteiger partial charge in [0.2, 0.25) is 0 Å². The molecular formula is C20H18ClF3N4. The number of aliphatic imine (C=N–C) groups is 1. The summed E-state index contributed by atoms with van der Waals surface area (Å²) in [6.07, 6.45) is 1.15. The minimum Gasteiger partial charge on any atom is -0.340 e. The molecule has 0 N–H and O–H groups in total. The maximum absolute atomic E-state index is 13.5. The Morgan fingerprint density at radius 2 is 2.11 bits per heavy atom. The number of aromatic nitrogens is 1. The summed E-state index contributed by atoms with van der Waals surface area (Å²) in [5.41, 5.74) is 1.60. The van der Waals surface area contributed by atoms with Gasteiger partial charge in [-0.25, -0.2) is 0 Å². The van der Waals surface area contributed by atoms with E-state index < -0.39 is 18.4 Å². The fraction of sp³-hybridized carbons (Fsp3) is 0.400. The average Bonchev–Trinajstić information content (AvgIpc) is 3.42. The molecule has 8 heteroatoms. The molecule has 4 rings (SSSR count). The Labute approximate surface area is 165 Å². The van der Waals surface area contributed by atoms with Crippen LogP contribution in [0.15, 0.2) is 35.5 Å². The summed E-state index contributed by atoms with van der Waals surface area (Å²) in [4.78, 5) is 5.51. The molecule has 0 spiro atoms. The van der Waals surface area contributed by atoms with Gasteiger partial charge in [0.05, 0.1) is 16.8 Å². The second kappa shape index (κ2) is 6.85. The smallest absolute Gasteiger partial charge is 0.340 e. The Morgan fingerprint density at radius 1 is 1.36 bits per heavy atom. The van der Waals surface area contributed by atoms with Crippen LogP contribution in [0.1, 0.15) is 37.2 Å². The van der Waals surface area contributed by atoms with E-state index in [0.29, 0.717) is 34.1 Å². The van der Waals surface area contributed by atoms with Gasteiger partial charge in [-0.3, -0.25) is 4.99 Å². The van der Waals surface area contributed by atoms with E-state index in [1.807, 2.05) is 4.57 Å². The van der Waals surface area contributed by atoms with Crippen molar-refractivity contribution in [3.05, 3.63) is 46.8 Å². The normalized spacial score (nSPS) is 20.6. The van der Waals surface area contributed by atoms with Crippen molar-refractivity contribution in [1.29, 1.82) is 5.26 Å². The third kappa shape index (κ3) is 3.26. The molecule has 1 unspecified atom stereocenters. The first-order valence-corrected chi connectivity index (χ1v) is 9.45. The summed E-state index contributed by atoms with van der Waals surface area (Å²) in [6, 6.07) is 5.67. The van der Waals surface area contributed by atoms with Gasteiger partial charge in [-0.15, -0.1) is 0 Å². The Kier molecular flexibility index (Phi) is 4.62. The average molecular weight is 407 g/mol. The molecule has 2 heterocycles. The molecule has 28 heavy (non-hydrogen) atoms. The van der Waals surface area contributed by atoms with Gasteiger partial charge in [-0.2, -0.15) is 18.4 Å². The van der Waals surface area contributed by atoms with Gasteiger partial charge in [0.1, 0.15) is 12.1 Å². The van der Waals surface area contributed by atoms with E-state index in [0.717, 1.165) is 25.3 Å². The van der Waals surface area contributed by atoms with E-state index in [1.165, 1.54) is 23.4 Å². The largest absolute Gasteiger partial charge is 0.408 e. The lowest BCUT2D eigenvalue weighted by atomic mass is 10.1. The number of nitrogens with zero attached hydrogens (tertiary/aromatic N) is 4. The minimum absolute atomic E-state index is 0.351. The van der Waals surface area contributed by atoms with E-state index in [2.05, 4.69) is 11.1 Å². The minimum atomic E-state index is -4.42. The number of alkyl halides is 3. The lowest BCUT2D eigenvalue weighted by molar-refractivity contribution is -0.177. The second-order valence-corrected chi connectivity index (χ2v) is 7.70. The van der Waals surface area contributed by atoms with Crippen molar-refractivity contribution in [2.75, 3.05) is 0 Å². The molecule has 1 saturated carbocycles. The van der Waals surface area contributed by atoms with Gasteiger partial charge >= 0.3 is 6.18 Å². The lowest BCUT2D eigenvalue weighted by Crippen LogP contribution is -2.43. The van der Waals surface area contributed by atoms with Crippen molar-refractivity contribution in [1.82, 2.24) is 9.47 Å². The molecule has 2 atom stereocenters. The number of hydrogen-bond acceptors (Lipinski definition) is 3. The highest BCUT2D eigenvalue weighted by atomic mass is 35.5. The van der Waals surface area contributed by atoms with Gasteiger partial charge < -0.3 is 9.47 Å². The molecule has 1 aliphatic heterocycles. The Hall–Kier alpha value is -2.46. The van der Waals surface area contributed by atoms with Crippen molar-refractivity contribution >= 4 is 28.7 Å². The van der Waals surface area contributed by atoms with E-state index in [1.54, 1.807) is 18.2 Å². The van der Waals surface area contributed by atoms with Crippen LogP contribution in [0, 0.1) is 17.2 Å². The Balaban J connectivity index is 1.92. The summed E-state index contributed by atoms with van der Waals surface area (Å²) in [7, 11) is 0. The predicted octanol–water partition coefficient (Wildman–Crippen LogP) is 5.43. The molecule has 0 bridgehead atoms. The molecule has 2 aliphatic rings. The highest BCUT2D eigenvalue weighted by Gasteiger charge is 2.43. The first-order chi connectivity index (χ1) is 13.3. The van der Waals surface area contributed by atoms with Gasteiger partial charge in [0, 0.05) is 29.4 Å². The SMILES string of the molecule is C[C@H](N1C=CC=NC1c1c(C#N)c2ccc(Cl)cc2n1CC1CC1)C(F)(F)F. The zero-order chi connectivity index (χ0) is 20.1. The maximum Gasteiger partial charge on any atom is 0.408 e. The van der Waals surface area contributed by atoms with Crippen LogP contribution < -0.4 is 0 Å². The molecule has 1 aliphatic carbocycles. The van der Waals surface area contributed by atoms with Crippen LogP contribution in [0.5, 0.6) is 0 Å². The first kappa shape index (κ1) is 18.9. The fourth-order valence-corrected chi connectivity index (χ4v) is 3.80. The van der Waals surface area contributed by atoms with Crippen LogP contribution in [0.4, 0.5) is 13.2 Å². The summed E-state index contributed by atoms with van der Waals surface area (Å²) >= 11 is 6.18. The van der Waals surface area contributed by atoms with E-state index in [9.17, 15) is 18.4 Å². The third-order valence-corrected chi connectivity index (χ3v) is 5.57. The molecule has 0 radical (unpaired) electrons. The van der Waals surface area contributed by atoms with Crippen LogP contribution in [0.2, 0.25) is 5.02 Å². The van der Waals surface area contributed by atoms with Crippen LogP contribution in [0.3, 0.4) is 0 Å². The number of halogens is 4. The van der Waals surface area contributed by atoms with Gasteiger partial charge in [-0.1, -0.05) is 17.7 Å². The fourth-order valence-electron chi connectivity index (χ4n) is 3.63. The van der Waals surface area contributed by atoms with Crippen molar-refractivity contribution < 1.29 is 13.2 Å². The van der Waals surface area contributed by atoms with Gasteiger partial charge in [-0.05, 0) is 43.9 Å². The maximum atomic E-state index is 13.5. The monoisotopic (exact) mass is 406 g/mol. The molecule has 4 nitrogen and oxygen atoms in total. The van der Waals surface area contributed by atoms with Crippen LogP contribution in [-0.2, 0) is 6.54 Å². The lowest BCUT2D eigenvalue weighted by Gasteiger charge is -2.36. The number of hydrogen-bond donors (Lipinski definition) is 0. The number of allylic oxidation sites excluding steroid dienone is 1. The van der Waals surface area contributed by atoms with Crippen molar-refractivity contribution in [2.24, 2.45) is 10.9 Å². The molecule has 0 saturated heterocycles. The van der Waals surface area contributed by atoms with Gasteiger partial charge in [0.15, 0.2) is 6.17 Å². The first-order valence-electron chi connectivity index (χ1n) is 9.07. The number of fused-ring (bicyclic) bond motifs is 1.